The number of rotatable bonds is 1. The van der Waals surface area contributed by atoms with E-state index >= 15 is 0 Å². The molecule has 2 rings (SSSR count). The molecule has 0 aromatic rings. The number of amides is 2. The Balaban J connectivity index is 1.79. The van der Waals surface area contributed by atoms with Gasteiger partial charge < -0.3 is 15.1 Å². The summed E-state index contributed by atoms with van der Waals surface area (Å²) in [6.45, 7) is 6.35. The van der Waals surface area contributed by atoms with Crippen molar-refractivity contribution >= 4 is 6.03 Å². The number of nitrogens with zero attached hydrogens (tertiary/aromatic N) is 3. The molecule has 2 heterocycles. The van der Waals surface area contributed by atoms with Crippen molar-refractivity contribution in [3.05, 3.63) is 0 Å². The molecule has 0 aromatic carbocycles. The quantitative estimate of drug-likeness (QED) is 0.703. The van der Waals surface area contributed by atoms with Crippen LogP contribution < -0.4 is 5.32 Å². The fourth-order valence-electron chi connectivity index (χ4n) is 2.75. The van der Waals surface area contributed by atoms with E-state index < -0.39 is 0 Å². The number of carbonyl (C=O) groups excluding carboxylic acids is 1. The van der Waals surface area contributed by atoms with Crippen LogP contribution in [-0.4, -0.2) is 80.1 Å². The Morgan fingerprint density at radius 1 is 1.12 bits per heavy atom. The van der Waals surface area contributed by atoms with Gasteiger partial charge in [-0.3, -0.25) is 4.90 Å². The van der Waals surface area contributed by atoms with E-state index in [1.54, 1.807) is 4.90 Å². The van der Waals surface area contributed by atoms with E-state index in [4.69, 9.17) is 0 Å². The predicted molar refractivity (Wildman–Crippen MR) is 68.1 cm³/mol. The Morgan fingerprint density at radius 3 is 2.24 bits per heavy atom. The molecule has 5 heteroatoms. The van der Waals surface area contributed by atoms with Crippen molar-refractivity contribution in [3.8, 4) is 0 Å². The van der Waals surface area contributed by atoms with E-state index in [2.05, 4.69) is 10.2 Å². The third-order valence-electron chi connectivity index (χ3n) is 3.79. The molecule has 5 nitrogen and oxygen atoms in total. The monoisotopic (exact) mass is 240 g/mol. The molecule has 0 aromatic heterocycles. The van der Waals surface area contributed by atoms with E-state index in [9.17, 15) is 4.79 Å². The van der Waals surface area contributed by atoms with Crippen molar-refractivity contribution in [2.45, 2.75) is 18.9 Å². The maximum absolute atomic E-state index is 11.8. The zero-order valence-corrected chi connectivity index (χ0v) is 11.0. The van der Waals surface area contributed by atoms with Gasteiger partial charge in [0.2, 0.25) is 0 Å². The molecule has 2 amide bonds. The number of hydrogen-bond donors (Lipinski definition) is 1. The lowest BCUT2D eigenvalue weighted by molar-refractivity contribution is 0.0988. The van der Waals surface area contributed by atoms with Gasteiger partial charge in [0.25, 0.3) is 0 Å². The summed E-state index contributed by atoms with van der Waals surface area (Å²) in [4.78, 5) is 18.0. The largest absolute Gasteiger partial charge is 0.331 e. The van der Waals surface area contributed by atoms with Crippen LogP contribution in [0, 0.1) is 0 Å². The molecule has 2 saturated heterocycles. The van der Waals surface area contributed by atoms with Crippen molar-refractivity contribution in [2.75, 3.05) is 53.4 Å². The number of hydrogen-bond acceptors (Lipinski definition) is 3. The standard InChI is InChI=1S/C12H24N4O/c1-14(2)12(17)16-7-3-11(4-8-16)15-9-5-13-6-10-15/h11,13H,3-10H2,1-2H3. The number of carbonyl (C=O) groups is 1. The highest BCUT2D eigenvalue weighted by Gasteiger charge is 2.27. The molecular weight excluding hydrogens is 216 g/mol. The highest BCUT2D eigenvalue weighted by molar-refractivity contribution is 5.73. The SMILES string of the molecule is CN(C)C(=O)N1CCC(N2CCNCC2)CC1. The Morgan fingerprint density at radius 2 is 1.71 bits per heavy atom. The summed E-state index contributed by atoms with van der Waals surface area (Å²) < 4.78 is 0. The smallest absolute Gasteiger partial charge is 0.319 e. The minimum absolute atomic E-state index is 0.156. The van der Waals surface area contributed by atoms with Gasteiger partial charge in [-0.2, -0.15) is 0 Å². The van der Waals surface area contributed by atoms with Gasteiger partial charge in [0.15, 0.2) is 0 Å². The lowest BCUT2D eigenvalue weighted by Gasteiger charge is -2.40. The maximum atomic E-state index is 11.8. The Kier molecular flexibility index (Phi) is 4.23. The molecule has 17 heavy (non-hydrogen) atoms. The molecule has 1 N–H and O–H groups in total. The highest BCUT2D eigenvalue weighted by Crippen LogP contribution is 2.17. The van der Waals surface area contributed by atoms with E-state index in [1.807, 2.05) is 19.0 Å². The molecule has 98 valence electrons. The van der Waals surface area contributed by atoms with Crippen LogP contribution in [0.1, 0.15) is 12.8 Å². The van der Waals surface area contributed by atoms with Gasteiger partial charge in [-0.05, 0) is 12.8 Å². The van der Waals surface area contributed by atoms with Crippen LogP contribution in [0.4, 0.5) is 4.79 Å². The lowest BCUT2D eigenvalue weighted by Crippen LogP contribution is -2.53. The number of nitrogens with one attached hydrogen (secondary N) is 1. The number of urea groups is 1. The van der Waals surface area contributed by atoms with E-state index in [1.165, 1.54) is 0 Å². The number of piperazine rings is 1. The van der Waals surface area contributed by atoms with Gasteiger partial charge in [0, 0.05) is 59.4 Å². The molecule has 2 fully saturated rings. The van der Waals surface area contributed by atoms with Gasteiger partial charge in [-0.1, -0.05) is 0 Å². The molecule has 2 aliphatic heterocycles. The molecule has 2 aliphatic rings. The second-order valence-electron chi connectivity index (χ2n) is 5.18. The summed E-state index contributed by atoms with van der Waals surface area (Å²) in [5.41, 5.74) is 0. The van der Waals surface area contributed by atoms with Crippen LogP contribution in [0.3, 0.4) is 0 Å². The maximum Gasteiger partial charge on any atom is 0.319 e. The zero-order valence-electron chi connectivity index (χ0n) is 11.0. The third kappa shape index (κ3) is 3.10. The average molecular weight is 240 g/mol. The van der Waals surface area contributed by atoms with E-state index in [-0.39, 0.29) is 6.03 Å². The summed E-state index contributed by atoms with van der Waals surface area (Å²) in [6, 6.07) is 0.840. The molecule has 0 unspecified atom stereocenters. The normalized spacial score (nSPS) is 23.8. The van der Waals surface area contributed by atoms with Crippen LogP contribution in [0.5, 0.6) is 0 Å². The van der Waals surface area contributed by atoms with Gasteiger partial charge in [-0.15, -0.1) is 0 Å². The second-order valence-corrected chi connectivity index (χ2v) is 5.18. The van der Waals surface area contributed by atoms with Gasteiger partial charge in [0.05, 0.1) is 0 Å². The fourth-order valence-corrected chi connectivity index (χ4v) is 2.75. The first-order chi connectivity index (χ1) is 8.18. The first-order valence-corrected chi connectivity index (χ1v) is 6.59. The van der Waals surface area contributed by atoms with Crippen molar-refractivity contribution in [2.24, 2.45) is 0 Å². The minimum atomic E-state index is 0.156. The molecule has 0 radical (unpaired) electrons. The summed E-state index contributed by atoms with van der Waals surface area (Å²) in [5.74, 6) is 0. The Bertz CT molecular complexity index is 255. The van der Waals surface area contributed by atoms with Gasteiger partial charge in [-0.25, -0.2) is 4.79 Å². The molecule has 0 aliphatic carbocycles. The first kappa shape index (κ1) is 12.6. The van der Waals surface area contributed by atoms with Crippen LogP contribution >= 0.6 is 0 Å². The molecular formula is C12H24N4O. The van der Waals surface area contributed by atoms with Crippen molar-refractivity contribution < 1.29 is 4.79 Å². The Labute approximate surface area is 104 Å². The van der Waals surface area contributed by atoms with Crippen molar-refractivity contribution in [1.29, 1.82) is 0 Å². The van der Waals surface area contributed by atoms with E-state index in [0.717, 1.165) is 52.1 Å². The van der Waals surface area contributed by atoms with Crippen LogP contribution in [0.15, 0.2) is 0 Å². The first-order valence-electron chi connectivity index (χ1n) is 6.59. The lowest BCUT2D eigenvalue weighted by atomic mass is 10.0. The fraction of sp³-hybridized carbons (Fsp3) is 0.917. The predicted octanol–water partition coefficient (Wildman–Crippen LogP) is 0.0376. The summed E-state index contributed by atoms with van der Waals surface area (Å²) in [7, 11) is 3.65. The molecule has 0 spiro atoms. The van der Waals surface area contributed by atoms with E-state index in [0.29, 0.717) is 6.04 Å². The summed E-state index contributed by atoms with van der Waals surface area (Å²) in [5, 5.41) is 3.38. The third-order valence-corrected chi connectivity index (χ3v) is 3.79. The van der Waals surface area contributed by atoms with Crippen LogP contribution in [0.25, 0.3) is 0 Å². The number of likely N-dealkylation sites (tertiary alicyclic amines) is 1. The van der Waals surface area contributed by atoms with Gasteiger partial charge >= 0.3 is 6.03 Å². The van der Waals surface area contributed by atoms with Crippen LogP contribution in [-0.2, 0) is 0 Å². The second kappa shape index (κ2) is 5.69. The number of piperidine rings is 1. The summed E-state index contributed by atoms with van der Waals surface area (Å²) >= 11 is 0. The zero-order chi connectivity index (χ0) is 12.3. The highest BCUT2D eigenvalue weighted by atomic mass is 16.2. The topological polar surface area (TPSA) is 38.8 Å². The van der Waals surface area contributed by atoms with Gasteiger partial charge in [0.1, 0.15) is 0 Å². The minimum Gasteiger partial charge on any atom is -0.331 e. The Hall–Kier alpha value is -0.810. The average Bonchev–Trinajstić information content (AvgIpc) is 2.39. The van der Waals surface area contributed by atoms with Crippen molar-refractivity contribution in [1.82, 2.24) is 20.0 Å². The molecule has 0 saturated carbocycles. The molecule has 0 atom stereocenters. The summed E-state index contributed by atoms with van der Waals surface area (Å²) in [6.07, 6.45) is 2.25. The van der Waals surface area contributed by atoms with Crippen LogP contribution in [0.2, 0.25) is 0 Å². The van der Waals surface area contributed by atoms with Crippen molar-refractivity contribution in [3.63, 3.8) is 0 Å². The molecule has 0 bridgehead atoms.